The highest BCUT2D eigenvalue weighted by Gasteiger charge is 2.25. The standard InChI is InChI=1S/C18H21N3O2S.ClH/c1-19-14-5-4-9-21(11-14)18(23)15-6-2-3-7-16(15)20-17(22)13-8-10-24-12-13;/h2-3,6-8,10,12,14,19H,4-5,9,11H2,1H3,(H,20,22);1H. The highest BCUT2D eigenvalue weighted by molar-refractivity contribution is 7.08. The molecule has 2 N–H and O–H groups in total. The van der Waals surface area contributed by atoms with Gasteiger partial charge in [0.1, 0.15) is 0 Å². The molecule has 0 saturated carbocycles. The van der Waals surface area contributed by atoms with Crippen molar-refractivity contribution in [1.29, 1.82) is 0 Å². The molecule has 0 bridgehead atoms. The van der Waals surface area contributed by atoms with Crippen LogP contribution < -0.4 is 10.6 Å². The van der Waals surface area contributed by atoms with E-state index >= 15 is 0 Å². The monoisotopic (exact) mass is 379 g/mol. The van der Waals surface area contributed by atoms with E-state index in [-0.39, 0.29) is 24.2 Å². The molecule has 7 heteroatoms. The average molecular weight is 380 g/mol. The van der Waals surface area contributed by atoms with Gasteiger partial charge in [0.25, 0.3) is 11.8 Å². The first kappa shape index (κ1) is 19.4. The molecule has 1 unspecified atom stereocenters. The molecule has 1 atom stereocenters. The summed E-state index contributed by atoms with van der Waals surface area (Å²) in [6.07, 6.45) is 2.07. The number of carbonyl (C=O) groups is 2. The largest absolute Gasteiger partial charge is 0.337 e. The number of piperidine rings is 1. The topological polar surface area (TPSA) is 61.4 Å². The number of amides is 2. The molecule has 5 nitrogen and oxygen atoms in total. The van der Waals surface area contributed by atoms with Crippen LogP contribution in [0.2, 0.25) is 0 Å². The van der Waals surface area contributed by atoms with E-state index in [1.165, 1.54) is 11.3 Å². The molecule has 1 saturated heterocycles. The molecule has 1 fully saturated rings. The normalized spacial score (nSPS) is 16.8. The summed E-state index contributed by atoms with van der Waals surface area (Å²) in [6.45, 7) is 1.45. The highest BCUT2D eigenvalue weighted by atomic mass is 35.5. The van der Waals surface area contributed by atoms with E-state index in [1.807, 2.05) is 29.5 Å². The van der Waals surface area contributed by atoms with Gasteiger partial charge in [-0.15, -0.1) is 12.4 Å². The average Bonchev–Trinajstić information content (AvgIpc) is 3.16. The number of hydrogen-bond donors (Lipinski definition) is 2. The first-order chi connectivity index (χ1) is 11.7. The molecule has 3 rings (SSSR count). The van der Waals surface area contributed by atoms with Crippen LogP contribution in [-0.2, 0) is 0 Å². The lowest BCUT2D eigenvalue weighted by Gasteiger charge is -2.33. The Morgan fingerprint density at radius 3 is 2.76 bits per heavy atom. The molecule has 2 heterocycles. The highest BCUT2D eigenvalue weighted by Crippen LogP contribution is 2.21. The fraction of sp³-hybridized carbons (Fsp3) is 0.333. The number of carbonyl (C=O) groups excluding carboxylic acids is 2. The minimum absolute atomic E-state index is 0. The van der Waals surface area contributed by atoms with Crippen molar-refractivity contribution in [2.24, 2.45) is 0 Å². The Bertz CT molecular complexity index is 721. The van der Waals surface area contributed by atoms with E-state index < -0.39 is 0 Å². The van der Waals surface area contributed by atoms with Crippen LogP contribution in [0.1, 0.15) is 33.6 Å². The van der Waals surface area contributed by atoms with Gasteiger partial charge in [-0.3, -0.25) is 9.59 Å². The van der Waals surface area contributed by atoms with Crippen molar-refractivity contribution < 1.29 is 9.59 Å². The fourth-order valence-electron chi connectivity index (χ4n) is 2.93. The zero-order valence-electron chi connectivity index (χ0n) is 14.0. The summed E-state index contributed by atoms with van der Waals surface area (Å²) in [5.41, 5.74) is 1.71. The Balaban J connectivity index is 0.00000225. The smallest absolute Gasteiger partial charge is 0.256 e. The zero-order chi connectivity index (χ0) is 16.9. The van der Waals surface area contributed by atoms with Gasteiger partial charge in [0, 0.05) is 24.5 Å². The lowest BCUT2D eigenvalue weighted by Crippen LogP contribution is -2.47. The summed E-state index contributed by atoms with van der Waals surface area (Å²) < 4.78 is 0. The molecule has 0 aliphatic carbocycles. The van der Waals surface area contributed by atoms with E-state index in [4.69, 9.17) is 0 Å². The maximum absolute atomic E-state index is 12.9. The van der Waals surface area contributed by atoms with Crippen molar-refractivity contribution in [3.8, 4) is 0 Å². The summed E-state index contributed by atoms with van der Waals surface area (Å²) >= 11 is 1.47. The number of anilines is 1. The Kier molecular flexibility index (Phi) is 6.99. The molecule has 2 aromatic rings. The van der Waals surface area contributed by atoms with Crippen LogP contribution in [0.3, 0.4) is 0 Å². The van der Waals surface area contributed by atoms with Crippen molar-refractivity contribution in [3.05, 3.63) is 52.2 Å². The number of likely N-dealkylation sites (tertiary alicyclic amines) is 1. The molecule has 2 amide bonds. The number of rotatable bonds is 4. The van der Waals surface area contributed by atoms with Crippen molar-refractivity contribution in [2.45, 2.75) is 18.9 Å². The van der Waals surface area contributed by atoms with Crippen LogP contribution in [0.5, 0.6) is 0 Å². The van der Waals surface area contributed by atoms with Crippen LogP contribution in [0.15, 0.2) is 41.1 Å². The third-order valence-corrected chi connectivity index (χ3v) is 4.99. The quantitative estimate of drug-likeness (QED) is 0.857. The van der Waals surface area contributed by atoms with E-state index in [2.05, 4.69) is 10.6 Å². The van der Waals surface area contributed by atoms with E-state index in [0.717, 1.165) is 19.4 Å². The van der Waals surface area contributed by atoms with Crippen molar-refractivity contribution in [3.63, 3.8) is 0 Å². The number of nitrogens with zero attached hydrogens (tertiary/aromatic N) is 1. The van der Waals surface area contributed by atoms with Crippen LogP contribution in [0.4, 0.5) is 5.69 Å². The maximum atomic E-state index is 12.9. The minimum Gasteiger partial charge on any atom is -0.337 e. The predicted octanol–water partition coefficient (Wildman–Crippen LogP) is 3.25. The van der Waals surface area contributed by atoms with Gasteiger partial charge in [-0.2, -0.15) is 11.3 Å². The Morgan fingerprint density at radius 1 is 1.24 bits per heavy atom. The zero-order valence-corrected chi connectivity index (χ0v) is 15.7. The molecule has 134 valence electrons. The Morgan fingerprint density at radius 2 is 2.04 bits per heavy atom. The first-order valence-corrected chi connectivity index (χ1v) is 9.02. The number of para-hydroxylation sites is 1. The van der Waals surface area contributed by atoms with Gasteiger partial charge < -0.3 is 15.5 Å². The molecule has 25 heavy (non-hydrogen) atoms. The lowest BCUT2D eigenvalue weighted by atomic mass is 10.0. The van der Waals surface area contributed by atoms with Gasteiger partial charge in [-0.05, 0) is 43.5 Å². The third kappa shape index (κ3) is 4.60. The van der Waals surface area contributed by atoms with E-state index in [0.29, 0.717) is 29.4 Å². The lowest BCUT2D eigenvalue weighted by molar-refractivity contribution is 0.0699. The van der Waals surface area contributed by atoms with Gasteiger partial charge in [-0.1, -0.05) is 12.1 Å². The molecule has 1 aromatic heterocycles. The second kappa shape index (κ2) is 8.99. The number of likely N-dealkylation sites (N-methyl/N-ethyl adjacent to an activating group) is 1. The minimum atomic E-state index is -0.191. The predicted molar refractivity (Wildman–Crippen MR) is 104 cm³/mol. The van der Waals surface area contributed by atoms with Gasteiger partial charge >= 0.3 is 0 Å². The molecule has 1 aliphatic rings. The van der Waals surface area contributed by atoms with Gasteiger partial charge in [0.2, 0.25) is 0 Å². The third-order valence-electron chi connectivity index (χ3n) is 4.31. The van der Waals surface area contributed by atoms with Crippen molar-refractivity contribution >= 4 is 41.2 Å². The Hall–Kier alpha value is -1.89. The van der Waals surface area contributed by atoms with Gasteiger partial charge in [-0.25, -0.2) is 0 Å². The van der Waals surface area contributed by atoms with Crippen LogP contribution in [-0.4, -0.2) is 42.9 Å². The fourth-order valence-corrected chi connectivity index (χ4v) is 3.57. The van der Waals surface area contributed by atoms with Crippen LogP contribution in [0.25, 0.3) is 0 Å². The molecule has 0 radical (unpaired) electrons. The number of benzene rings is 1. The summed E-state index contributed by atoms with van der Waals surface area (Å²) in [6, 6.07) is 9.30. The molecular weight excluding hydrogens is 358 g/mol. The number of nitrogens with one attached hydrogen (secondary N) is 2. The van der Waals surface area contributed by atoms with Crippen LogP contribution in [0, 0.1) is 0 Å². The molecule has 1 aromatic carbocycles. The summed E-state index contributed by atoms with van der Waals surface area (Å²) in [4.78, 5) is 27.0. The second-order valence-electron chi connectivity index (χ2n) is 5.89. The van der Waals surface area contributed by atoms with Crippen LogP contribution >= 0.6 is 23.7 Å². The Labute approximate surface area is 157 Å². The first-order valence-electron chi connectivity index (χ1n) is 8.08. The number of halogens is 1. The molecular formula is C18H22ClN3O2S. The van der Waals surface area contributed by atoms with Crippen molar-refractivity contribution in [2.75, 3.05) is 25.5 Å². The van der Waals surface area contributed by atoms with Gasteiger partial charge in [0.05, 0.1) is 16.8 Å². The molecule has 1 aliphatic heterocycles. The summed E-state index contributed by atoms with van der Waals surface area (Å²) in [5, 5.41) is 9.76. The number of hydrogen-bond acceptors (Lipinski definition) is 4. The second-order valence-corrected chi connectivity index (χ2v) is 6.67. The van der Waals surface area contributed by atoms with Gasteiger partial charge in [0.15, 0.2) is 0 Å². The molecule has 0 spiro atoms. The van der Waals surface area contributed by atoms with E-state index in [9.17, 15) is 9.59 Å². The maximum Gasteiger partial charge on any atom is 0.256 e. The number of thiophene rings is 1. The van der Waals surface area contributed by atoms with Crippen molar-refractivity contribution in [1.82, 2.24) is 10.2 Å². The van der Waals surface area contributed by atoms with E-state index in [1.54, 1.807) is 23.6 Å². The summed E-state index contributed by atoms with van der Waals surface area (Å²) in [7, 11) is 1.92. The SMILES string of the molecule is CNC1CCCN(C(=O)c2ccccc2NC(=O)c2ccsc2)C1.Cl. The summed E-state index contributed by atoms with van der Waals surface area (Å²) in [5.74, 6) is -0.223.